The molecule has 0 fully saturated rings. The van der Waals surface area contributed by atoms with E-state index in [1.165, 1.54) is 6.33 Å². The number of hydrogen-bond acceptors (Lipinski definition) is 9. The summed E-state index contributed by atoms with van der Waals surface area (Å²) in [6.07, 6.45) is 7.60. The van der Waals surface area contributed by atoms with Gasteiger partial charge >= 0.3 is 0 Å². The molecule has 0 saturated heterocycles. The van der Waals surface area contributed by atoms with Crippen LogP contribution in [0, 0.1) is 5.82 Å². The minimum atomic E-state index is -0.454. The zero-order chi connectivity index (χ0) is 26.2. The highest BCUT2D eigenvalue weighted by atomic mass is 19.1. The summed E-state index contributed by atoms with van der Waals surface area (Å²) in [5.74, 6) is -0.00633. The largest absolute Gasteiger partial charge is 0.342 e. The van der Waals surface area contributed by atoms with E-state index in [9.17, 15) is 4.79 Å². The number of nitrogens with zero attached hydrogens (tertiary/aromatic N) is 7. The molecule has 0 radical (unpaired) electrons. The highest BCUT2D eigenvalue weighted by molar-refractivity contribution is 5.90. The lowest BCUT2D eigenvalue weighted by Gasteiger charge is -2.20. The standard InChI is InChI=1S/C25H28FN9O2/c1-25(2,3)23-32-21(34-37-23)22(36)31-18-8-6-5-7-16-15(18)9-10-17(19(16)26)20-27-13-28-24(33-20)30-14-11-29-35(4)12-14/h9-13,18H,5-8H2,1-4H3,(H,31,36)(H,27,28,30,33)/t18-/m1/s1. The molecule has 3 aromatic heterocycles. The van der Waals surface area contributed by atoms with Crippen LogP contribution in [-0.4, -0.2) is 40.8 Å². The molecule has 1 aliphatic carbocycles. The summed E-state index contributed by atoms with van der Waals surface area (Å²) in [5.41, 5.74) is 1.88. The minimum absolute atomic E-state index is 0.0355. The summed E-state index contributed by atoms with van der Waals surface area (Å²) in [6, 6.07) is 3.10. The number of fused-ring (bicyclic) bond motifs is 1. The maximum atomic E-state index is 15.9. The van der Waals surface area contributed by atoms with Gasteiger partial charge < -0.3 is 15.2 Å². The van der Waals surface area contributed by atoms with E-state index in [4.69, 9.17) is 4.52 Å². The summed E-state index contributed by atoms with van der Waals surface area (Å²) in [4.78, 5) is 29.9. The fourth-order valence-corrected chi connectivity index (χ4v) is 4.29. The van der Waals surface area contributed by atoms with Crippen molar-refractivity contribution in [3.8, 4) is 11.4 Å². The van der Waals surface area contributed by atoms with Gasteiger partial charge in [-0.15, -0.1) is 0 Å². The molecule has 3 heterocycles. The molecule has 0 bridgehead atoms. The second-order valence-corrected chi connectivity index (χ2v) is 10.1. The maximum absolute atomic E-state index is 15.9. The van der Waals surface area contributed by atoms with Crippen LogP contribution in [0.25, 0.3) is 11.4 Å². The van der Waals surface area contributed by atoms with E-state index < -0.39 is 11.7 Å². The first-order valence-electron chi connectivity index (χ1n) is 12.1. The Morgan fingerprint density at radius 3 is 2.76 bits per heavy atom. The van der Waals surface area contributed by atoms with Gasteiger partial charge in [0.1, 0.15) is 12.1 Å². The number of aromatic nitrogens is 7. The molecule has 37 heavy (non-hydrogen) atoms. The summed E-state index contributed by atoms with van der Waals surface area (Å²) in [6.45, 7) is 5.78. The normalized spacial score (nSPS) is 15.6. The molecule has 0 unspecified atom stereocenters. The third-order valence-corrected chi connectivity index (χ3v) is 6.17. The first-order valence-corrected chi connectivity index (χ1v) is 12.1. The summed E-state index contributed by atoms with van der Waals surface area (Å²) >= 11 is 0. The first-order chi connectivity index (χ1) is 17.7. The van der Waals surface area contributed by atoms with E-state index in [-0.39, 0.29) is 34.6 Å². The van der Waals surface area contributed by atoms with Gasteiger partial charge in [-0.25, -0.2) is 14.4 Å². The SMILES string of the molecule is Cn1cc(Nc2ncnc(-c3ccc4c(c3F)CCCC[C@H]4NC(=O)c3noc(C(C)(C)C)n3)n2)cn1. The molecule has 4 aromatic rings. The lowest BCUT2D eigenvalue weighted by molar-refractivity contribution is 0.0921. The number of nitrogens with one attached hydrogen (secondary N) is 2. The third-order valence-electron chi connectivity index (χ3n) is 6.17. The van der Waals surface area contributed by atoms with Gasteiger partial charge in [-0.2, -0.15) is 15.1 Å². The Bertz CT molecular complexity index is 1440. The van der Waals surface area contributed by atoms with Crippen LogP contribution in [0.1, 0.15) is 73.7 Å². The summed E-state index contributed by atoms with van der Waals surface area (Å²) in [5, 5.41) is 14.0. The van der Waals surface area contributed by atoms with Crippen molar-refractivity contribution >= 4 is 17.5 Å². The summed E-state index contributed by atoms with van der Waals surface area (Å²) < 4.78 is 22.8. The van der Waals surface area contributed by atoms with E-state index in [0.717, 1.165) is 18.4 Å². The number of rotatable bonds is 5. The fourth-order valence-electron chi connectivity index (χ4n) is 4.29. The number of aryl methyl sites for hydroxylation is 1. The van der Waals surface area contributed by atoms with Gasteiger partial charge in [0.25, 0.3) is 11.7 Å². The Hall–Kier alpha value is -4.22. The predicted octanol–water partition coefficient (Wildman–Crippen LogP) is 4.03. The Morgan fingerprint density at radius 2 is 2.03 bits per heavy atom. The van der Waals surface area contributed by atoms with E-state index in [1.807, 2.05) is 26.8 Å². The Kier molecular flexibility index (Phi) is 6.40. The molecule has 0 saturated carbocycles. The van der Waals surface area contributed by atoms with Crippen molar-refractivity contribution in [2.75, 3.05) is 5.32 Å². The van der Waals surface area contributed by atoms with Crippen molar-refractivity contribution in [2.24, 2.45) is 7.05 Å². The maximum Gasteiger partial charge on any atom is 0.293 e. The van der Waals surface area contributed by atoms with Gasteiger partial charge in [-0.05, 0) is 36.5 Å². The van der Waals surface area contributed by atoms with Crippen molar-refractivity contribution < 1.29 is 13.7 Å². The monoisotopic (exact) mass is 505 g/mol. The van der Waals surface area contributed by atoms with Gasteiger partial charge in [0.2, 0.25) is 11.8 Å². The Labute approximate surface area is 212 Å². The van der Waals surface area contributed by atoms with Crippen LogP contribution in [0.3, 0.4) is 0 Å². The molecule has 11 nitrogen and oxygen atoms in total. The van der Waals surface area contributed by atoms with Gasteiger partial charge in [-0.3, -0.25) is 9.48 Å². The van der Waals surface area contributed by atoms with E-state index >= 15 is 4.39 Å². The second-order valence-electron chi connectivity index (χ2n) is 10.1. The van der Waals surface area contributed by atoms with Gasteiger partial charge in [-0.1, -0.05) is 38.4 Å². The van der Waals surface area contributed by atoms with Crippen LogP contribution in [0.15, 0.2) is 35.4 Å². The number of amides is 1. The van der Waals surface area contributed by atoms with Gasteiger partial charge in [0, 0.05) is 18.7 Å². The molecular weight excluding hydrogens is 477 g/mol. The number of halogens is 1. The van der Waals surface area contributed by atoms with Crippen molar-refractivity contribution in [3.05, 3.63) is 59.5 Å². The lowest BCUT2D eigenvalue weighted by atomic mass is 9.95. The quantitative estimate of drug-likeness (QED) is 0.385. The van der Waals surface area contributed by atoms with E-state index in [0.29, 0.717) is 30.0 Å². The molecule has 0 aliphatic heterocycles. The fraction of sp³-hybridized carbons (Fsp3) is 0.400. The highest BCUT2D eigenvalue weighted by Crippen LogP contribution is 2.34. The molecule has 5 rings (SSSR count). The van der Waals surface area contributed by atoms with Crippen LogP contribution >= 0.6 is 0 Å². The third kappa shape index (κ3) is 5.18. The molecule has 1 atom stereocenters. The molecular formula is C25H28FN9O2. The van der Waals surface area contributed by atoms with Crippen LogP contribution in [-0.2, 0) is 18.9 Å². The topological polar surface area (TPSA) is 137 Å². The van der Waals surface area contributed by atoms with Gasteiger partial charge in [0.05, 0.1) is 23.5 Å². The molecule has 2 N–H and O–H groups in total. The average Bonchev–Trinajstić information content (AvgIpc) is 3.46. The number of anilines is 2. The molecule has 0 spiro atoms. The van der Waals surface area contributed by atoms with Crippen LogP contribution in [0.4, 0.5) is 16.0 Å². The van der Waals surface area contributed by atoms with Crippen LogP contribution in [0.2, 0.25) is 0 Å². The van der Waals surface area contributed by atoms with Gasteiger partial charge in [0.15, 0.2) is 5.82 Å². The summed E-state index contributed by atoms with van der Waals surface area (Å²) in [7, 11) is 1.80. The highest BCUT2D eigenvalue weighted by Gasteiger charge is 2.28. The average molecular weight is 506 g/mol. The van der Waals surface area contributed by atoms with E-state index in [2.05, 4.69) is 40.8 Å². The predicted molar refractivity (Wildman–Crippen MR) is 132 cm³/mol. The molecule has 1 aromatic carbocycles. The van der Waals surface area contributed by atoms with Crippen molar-refractivity contribution in [3.63, 3.8) is 0 Å². The molecule has 1 aliphatic rings. The van der Waals surface area contributed by atoms with Crippen molar-refractivity contribution in [1.29, 1.82) is 0 Å². The Balaban J connectivity index is 1.41. The van der Waals surface area contributed by atoms with Crippen LogP contribution in [0.5, 0.6) is 0 Å². The Morgan fingerprint density at radius 1 is 1.19 bits per heavy atom. The lowest BCUT2D eigenvalue weighted by Crippen LogP contribution is -2.30. The first kappa shape index (κ1) is 24.5. The number of carbonyl (C=O) groups is 1. The van der Waals surface area contributed by atoms with E-state index in [1.54, 1.807) is 30.2 Å². The zero-order valence-corrected chi connectivity index (χ0v) is 21.1. The molecule has 192 valence electrons. The van der Waals surface area contributed by atoms with Crippen LogP contribution < -0.4 is 10.6 Å². The number of benzene rings is 1. The van der Waals surface area contributed by atoms with Crippen molar-refractivity contribution in [1.82, 2.24) is 40.2 Å². The number of carbonyl (C=O) groups excluding carboxylic acids is 1. The smallest absolute Gasteiger partial charge is 0.293 e. The molecule has 12 heteroatoms. The zero-order valence-electron chi connectivity index (χ0n) is 21.1. The number of hydrogen-bond donors (Lipinski definition) is 2. The second kappa shape index (κ2) is 9.68. The minimum Gasteiger partial charge on any atom is -0.342 e. The van der Waals surface area contributed by atoms with Crippen molar-refractivity contribution in [2.45, 2.75) is 57.9 Å². The molecule has 1 amide bonds.